The first-order valence-corrected chi connectivity index (χ1v) is 7.53. The van der Waals surface area contributed by atoms with Crippen molar-refractivity contribution >= 4 is 28.9 Å². The Morgan fingerprint density at radius 3 is 2.90 bits per heavy atom. The van der Waals surface area contributed by atoms with Gasteiger partial charge in [-0.05, 0) is 38.6 Å². The molecule has 0 aromatic heterocycles. The lowest BCUT2D eigenvalue weighted by Crippen LogP contribution is -2.55. The summed E-state index contributed by atoms with van der Waals surface area (Å²) in [4.78, 5) is 18.9. The summed E-state index contributed by atoms with van der Waals surface area (Å²) in [7, 11) is 2.01. The number of piperazine rings is 1. The van der Waals surface area contributed by atoms with Crippen LogP contribution in [-0.2, 0) is 4.79 Å². The van der Waals surface area contributed by atoms with Gasteiger partial charge in [-0.3, -0.25) is 9.69 Å². The van der Waals surface area contributed by atoms with E-state index in [0.29, 0.717) is 6.54 Å². The number of carbonyl (C=O) groups is 1. The zero-order chi connectivity index (χ0) is 14.3. The molecule has 4 nitrogen and oxygen atoms in total. The number of hydrogen-bond donors (Lipinski definition) is 0. The number of benzene rings is 1. The highest BCUT2D eigenvalue weighted by Crippen LogP contribution is 2.37. The molecule has 1 fully saturated rings. The Hall–Kier alpha value is -1.26. The fraction of sp³-hybridized carbons (Fsp3) is 0.533. The largest absolute Gasteiger partial charge is 0.370 e. The van der Waals surface area contributed by atoms with Crippen LogP contribution in [-0.4, -0.2) is 50.1 Å². The molecule has 5 heteroatoms. The first kappa shape index (κ1) is 13.7. The van der Waals surface area contributed by atoms with Crippen LogP contribution in [0.2, 0.25) is 5.02 Å². The highest BCUT2D eigenvalue weighted by atomic mass is 35.5. The molecule has 3 rings (SSSR count). The molecule has 0 N–H and O–H groups in total. The Kier molecular flexibility index (Phi) is 3.61. The van der Waals surface area contributed by atoms with E-state index in [1.165, 1.54) is 0 Å². The maximum Gasteiger partial charge on any atom is 0.241 e. The summed E-state index contributed by atoms with van der Waals surface area (Å²) < 4.78 is 0. The van der Waals surface area contributed by atoms with Gasteiger partial charge >= 0.3 is 0 Å². The van der Waals surface area contributed by atoms with Crippen LogP contribution >= 0.6 is 11.6 Å². The molecule has 1 saturated heterocycles. The van der Waals surface area contributed by atoms with Gasteiger partial charge in [-0.1, -0.05) is 11.6 Å². The second-order valence-electron chi connectivity index (χ2n) is 5.62. The van der Waals surface area contributed by atoms with Gasteiger partial charge in [0, 0.05) is 24.7 Å². The standard InChI is InChI=1S/C15H20ClN3O/c1-3-18-7-6-12-9-17(2)10-15(20)19(12)13-5-4-11(16)8-14(13)18/h4-5,8,12H,3,6-7,9-10H2,1-2H3. The van der Waals surface area contributed by atoms with Crippen LogP contribution in [0.25, 0.3) is 0 Å². The number of hydrogen-bond acceptors (Lipinski definition) is 3. The second kappa shape index (κ2) is 5.26. The predicted octanol–water partition coefficient (Wildman–Crippen LogP) is 2.22. The quantitative estimate of drug-likeness (QED) is 0.794. The van der Waals surface area contributed by atoms with Crippen LogP contribution < -0.4 is 9.80 Å². The minimum atomic E-state index is 0.185. The van der Waals surface area contributed by atoms with E-state index in [-0.39, 0.29) is 11.9 Å². The third-order valence-electron chi connectivity index (χ3n) is 4.21. The molecule has 0 spiro atoms. The zero-order valence-electron chi connectivity index (χ0n) is 12.0. The topological polar surface area (TPSA) is 26.8 Å². The smallest absolute Gasteiger partial charge is 0.241 e. The van der Waals surface area contributed by atoms with Gasteiger partial charge in [0.05, 0.1) is 24.0 Å². The molecule has 1 amide bonds. The number of carbonyl (C=O) groups excluding carboxylic acids is 1. The number of halogens is 1. The fourth-order valence-electron chi connectivity index (χ4n) is 3.28. The monoisotopic (exact) mass is 293 g/mol. The van der Waals surface area contributed by atoms with Gasteiger partial charge in [0.2, 0.25) is 5.91 Å². The van der Waals surface area contributed by atoms with E-state index in [1.807, 2.05) is 30.1 Å². The summed E-state index contributed by atoms with van der Waals surface area (Å²) in [5.74, 6) is 0.185. The van der Waals surface area contributed by atoms with Gasteiger partial charge in [-0.2, -0.15) is 0 Å². The van der Waals surface area contributed by atoms with E-state index in [2.05, 4.69) is 16.7 Å². The molecule has 0 bridgehead atoms. The number of amides is 1. The second-order valence-corrected chi connectivity index (χ2v) is 6.05. The van der Waals surface area contributed by atoms with Gasteiger partial charge in [-0.15, -0.1) is 0 Å². The number of rotatable bonds is 1. The van der Waals surface area contributed by atoms with Crippen molar-refractivity contribution in [3.8, 4) is 0 Å². The SMILES string of the molecule is CCN1CCC2CN(C)CC(=O)N2c2ccc(Cl)cc21. The van der Waals surface area contributed by atoms with Crippen molar-refractivity contribution in [1.82, 2.24) is 4.90 Å². The Labute approximate surface area is 124 Å². The Bertz CT molecular complexity index is 534. The van der Waals surface area contributed by atoms with Crippen LogP contribution in [0, 0.1) is 0 Å². The van der Waals surface area contributed by atoms with Crippen LogP contribution in [0.5, 0.6) is 0 Å². The van der Waals surface area contributed by atoms with E-state index in [0.717, 1.165) is 42.5 Å². The molecule has 2 heterocycles. The molecule has 0 radical (unpaired) electrons. The van der Waals surface area contributed by atoms with Crippen molar-refractivity contribution in [2.24, 2.45) is 0 Å². The summed E-state index contributed by atoms with van der Waals surface area (Å²) >= 11 is 6.15. The van der Waals surface area contributed by atoms with Crippen LogP contribution in [0.4, 0.5) is 11.4 Å². The molecule has 108 valence electrons. The lowest BCUT2D eigenvalue weighted by atomic mass is 10.1. The minimum absolute atomic E-state index is 0.185. The number of fused-ring (bicyclic) bond motifs is 3. The van der Waals surface area contributed by atoms with Gasteiger partial charge in [0.1, 0.15) is 0 Å². The molecule has 1 unspecified atom stereocenters. The fourth-order valence-corrected chi connectivity index (χ4v) is 3.44. The number of anilines is 2. The molecule has 0 saturated carbocycles. The Morgan fingerprint density at radius 1 is 1.35 bits per heavy atom. The van der Waals surface area contributed by atoms with Crippen molar-refractivity contribution in [2.75, 3.05) is 43.0 Å². The lowest BCUT2D eigenvalue weighted by Gasteiger charge is -2.38. The maximum absolute atomic E-state index is 12.5. The van der Waals surface area contributed by atoms with Crippen LogP contribution in [0.3, 0.4) is 0 Å². The van der Waals surface area contributed by atoms with Gasteiger partial charge < -0.3 is 9.80 Å². The summed E-state index contributed by atoms with van der Waals surface area (Å²) in [6.07, 6.45) is 0.996. The lowest BCUT2D eigenvalue weighted by molar-refractivity contribution is -0.121. The van der Waals surface area contributed by atoms with E-state index in [1.54, 1.807) is 0 Å². The highest BCUT2D eigenvalue weighted by Gasteiger charge is 2.36. The molecule has 2 aliphatic heterocycles. The molecule has 20 heavy (non-hydrogen) atoms. The normalized spacial score (nSPS) is 23.4. The molecular formula is C15H20ClN3O. The molecule has 1 aromatic rings. The van der Waals surface area contributed by atoms with Gasteiger partial charge in [0.25, 0.3) is 0 Å². The van der Waals surface area contributed by atoms with E-state index in [9.17, 15) is 4.79 Å². The predicted molar refractivity (Wildman–Crippen MR) is 82.7 cm³/mol. The van der Waals surface area contributed by atoms with Crippen molar-refractivity contribution in [1.29, 1.82) is 0 Å². The Balaban J connectivity index is 2.08. The van der Waals surface area contributed by atoms with Crippen molar-refractivity contribution in [2.45, 2.75) is 19.4 Å². The summed E-state index contributed by atoms with van der Waals surface area (Å²) in [5, 5.41) is 0.724. The van der Waals surface area contributed by atoms with Crippen LogP contribution in [0.1, 0.15) is 13.3 Å². The van der Waals surface area contributed by atoms with Crippen molar-refractivity contribution < 1.29 is 4.79 Å². The first-order chi connectivity index (χ1) is 9.60. The van der Waals surface area contributed by atoms with Gasteiger partial charge in [-0.25, -0.2) is 0 Å². The average molecular weight is 294 g/mol. The summed E-state index contributed by atoms with van der Waals surface area (Å²) in [5.41, 5.74) is 2.09. The number of nitrogens with zero attached hydrogens (tertiary/aromatic N) is 3. The van der Waals surface area contributed by atoms with Crippen molar-refractivity contribution in [3.63, 3.8) is 0 Å². The Morgan fingerprint density at radius 2 is 2.15 bits per heavy atom. The third-order valence-corrected chi connectivity index (χ3v) is 4.45. The molecular weight excluding hydrogens is 274 g/mol. The van der Waals surface area contributed by atoms with E-state index < -0.39 is 0 Å². The molecule has 1 aromatic carbocycles. The maximum atomic E-state index is 12.5. The van der Waals surface area contributed by atoms with E-state index in [4.69, 9.17) is 11.6 Å². The molecule has 0 aliphatic carbocycles. The van der Waals surface area contributed by atoms with Crippen molar-refractivity contribution in [3.05, 3.63) is 23.2 Å². The van der Waals surface area contributed by atoms with E-state index >= 15 is 0 Å². The van der Waals surface area contributed by atoms with Gasteiger partial charge in [0.15, 0.2) is 0 Å². The summed E-state index contributed by atoms with van der Waals surface area (Å²) in [6, 6.07) is 6.11. The van der Waals surface area contributed by atoms with Crippen LogP contribution in [0.15, 0.2) is 18.2 Å². The first-order valence-electron chi connectivity index (χ1n) is 7.15. The highest BCUT2D eigenvalue weighted by molar-refractivity contribution is 6.31. The molecule has 1 atom stereocenters. The average Bonchev–Trinajstić information content (AvgIpc) is 2.55. The zero-order valence-corrected chi connectivity index (χ0v) is 12.7. The minimum Gasteiger partial charge on any atom is -0.370 e. The number of likely N-dealkylation sites (N-methyl/N-ethyl adjacent to an activating group) is 1. The molecule has 2 aliphatic rings. The summed E-state index contributed by atoms with van der Waals surface area (Å²) in [6.45, 7) is 5.46. The third kappa shape index (κ3) is 2.27.